The molecule has 0 amide bonds. The summed E-state index contributed by atoms with van der Waals surface area (Å²) in [5.74, 6) is 0.424. The van der Waals surface area contributed by atoms with Crippen LogP contribution in [0.2, 0.25) is 0 Å². The molecular formula is C11H20IN5S. The SMILES string of the molecule is C=C(C)CNC(N)=NCc1csc(N(C)C)n1.I. The van der Waals surface area contributed by atoms with Crippen molar-refractivity contribution in [2.24, 2.45) is 10.7 Å². The van der Waals surface area contributed by atoms with E-state index in [0.717, 1.165) is 16.4 Å². The van der Waals surface area contributed by atoms with Gasteiger partial charge in [-0.2, -0.15) is 0 Å². The Morgan fingerprint density at radius 2 is 2.28 bits per heavy atom. The second-order valence-corrected chi connectivity index (χ2v) is 4.86. The number of nitrogens with one attached hydrogen (secondary N) is 1. The Kier molecular flexibility index (Phi) is 7.92. The van der Waals surface area contributed by atoms with Gasteiger partial charge in [0.15, 0.2) is 11.1 Å². The van der Waals surface area contributed by atoms with E-state index in [2.05, 4.69) is 21.9 Å². The standard InChI is InChI=1S/C11H19N5S.HI/c1-8(2)5-13-10(12)14-6-9-7-17-11(15-9)16(3)4;/h7H,1,5-6H2,2-4H3,(H3,12,13,14);1H. The molecule has 0 saturated carbocycles. The summed E-state index contributed by atoms with van der Waals surface area (Å²) in [5.41, 5.74) is 7.65. The van der Waals surface area contributed by atoms with Crippen molar-refractivity contribution >= 4 is 46.4 Å². The molecule has 0 bridgehead atoms. The van der Waals surface area contributed by atoms with Gasteiger partial charge in [0.25, 0.3) is 0 Å². The Morgan fingerprint density at radius 3 is 2.78 bits per heavy atom. The summed E-state index contributed by atoms with van der Waals surface area (Å²) in [4.78, 5) is 10.6. The van der Waals surface area contributed by atoms with Gasteiger partial charge in [-0.05, 0) is 6.92 Å². The maximum atomic E-state index is 5.70. The zero-order chi connectivity index (χ0) is 12.8. The first-order valence-corrected chi connectivity index (χ1v) is 6.17. The predicted molar refractivity (Wildman–Crippen MR) is 90.0 cm³/mol. The molecule has 3 N–H and O–H groups in total. The number of nitrogens with two attached hydrogens (primary N) is 1. The molecule has 0 aromatic carbocycles. The van der Waals surface area contributed by atoms with Crippen LogP contribution in [0.5, 0.6) is 0 Å². The summed E-state index contributed by atoms with van der Waals surface area (Å²) < 4.78 is 0. The highest BCUT2D eigenvalue weighted by Crippen LogP contribution is 2.18. The normalized spacial score (nSPS) is 10.7. The molecule has 0 unspecified atom stereocenters. The van der Waals surface area contributed by atoms with Crippen LogP contribution in [0.4, 0.5) is 5.13 Å². The zero-order valence-corrected chi connectivity index (χ0v) is 14.1. The molecule has 1 aromatic heterocycles. The molecule has 0 aliphatic rings. The van der Waals surface area contributed by atoms with E-state index in [1.807, 2.05) is 31.3 Å². The van der Waals surface area contributed by atoms with Crippen molar-refractivity contribution in [3.8, 4) is 0 Å². The summed E-state index contributed by atoms with van der Waals surface area (Å²) in [6, 6.07) is 0. The summed E-state index contributed by atoms with van der Waals surface area (Å²) in [7, 11) is 3.93. The van der Waals surface area contributed by atoms with Crippen LogP contribution in [0.1, 0.15) is 12.6 Å². The number of aromatic nitrogens is 1. The lowest BCUT2D eigenvalue weighted by Crippen LogP contribution is -2.32. The van der Waals surface area contributed by atoms with Crippen LogP contribution >= 0.6 is 35.3 Å². The van der Waals surface area contributed by atoms with Crippen LogP contribution < -0.4 is 16.0 Å². The predicted octanol–water partition coefficient (Wildman–Crippen LogP) is 1.81. The van der Waals surface area contributed by atoms with Gasteiger partial charge in [0.2, 0.25) is 0 Å². The van der Waals surface area contributed by atoms with Crippen molar-refractivity contribution in [3.63, 3.8) is 0 Å². The molecule has 0 fully saturated rings. The number of nitrogens with zero attached hydrogens (tertiary/aromatic N) is 3. The quantitative estimate of drug-likeness (QED) is 0.353. The Balaban J connectivity index is 0.00000289. The Hall–Kier alpha value is -0.830. The molecule has 18 heavy (non-hydrogen) atoms. The molecule has 1 rings (SSSR count). The van der Waals surface area contributed by atoms with E-state index in [1.165, 1.54) is 0 Å². The van der Waals surface area contributed by atoms with Gasteiger partial charge in [-0.3, -0.25) is 0 Å². The van der Waals surface area contributed by atoms with Gasteiger partial charge in [0.1, 0.15) is 0 Å². The topological polar surface area (TPSA) is 66.5 Å². The molecule has 0 spiro atoms. The van der Waals surface area contributed by atoms with E-state index < -0.39 is 0 Å². The van der Waals surface area contributed by atoms with E-state index in [9.17, 15) is 0 Å². The van der Waals surface area contributed by atoms with Gasteiger partial charge >= 0.3 is 0 Å². The van der Waals surface area contributed by atoms with Crippen LogP contribution in [-0.2, 0) is 6.54 Å². The average Bonchev–Trinajstić information content (AvgIpc) is 2.72. The average molecular weight is 381 g/mol. The lowest BCUT2D eigenvalue weighted by atomic mass is 10.3. The highest BCUT2D eigenvalue weighted by molar-refractivity contribution is 14.0. The van der Waals surface area contributed by atoms with Crippen LogP contribution in [0.3, 0.4) is 0 Å². The van der Waals surface area contributed by atoms with Crippen LogP contribution in [-0.4, -0.2) is 31.6 Å². The smallest absolute Gasteiger partial charge is 0.189 e. The van der Waals surface area contributed by atoms with Gasteiger partial charge in [-0.1, -0.05) is 12.2 Å². The third kappa shape index (κ3) is 6.20. The second-order valence-electron chi connectivity index (χ2n) is 4.03. The molecule has 0 aliphatic carbocycles. The van der Waals surface area contributed by atoms with Crippen molar-refractivity contribution in [1.29, 1.82) is 0 Å². The Bertz CT molecular complexity index is 413. The maximum absolute atomic E-state index is 5.70. The van der Waals surface area contributed by atoms with Gasteiger partial charge < -0.3 is 16.0 Å². The molecule has 1 aromatic rings. The number of halogens is 1. The minimum atomic E-state index is 0. The second kappa shape index (κ2) is 8.30. The number of rotatable bonds is 5. The Labute approximate surface area is 129 Å². The molecule has 1 heterocycles. The molecule has 102 valence electrons. The van der Waals surface area contributed by atoms with Gasteiger partial charge in [0.05, 0.1) is 12.2 Å². The fraction of sp³-hybridized carbons (Fsp3) is 0.455. The number of aliphatic imine (C=N–C) groups is 1. The largest absolute Gasteiger partial charge is 0.370 e. The van der Waals surface area contributed by atoms with Gasteiger partial charge in [-0.25, -0.2) is 9.98 Å². The minimum absolute atomic E-state index is 0. The number of guanidine groups is 1. The van der Waals surface area contributed by atoms with Crippen molar-refractivity contribution in [2.75, 3.05) is 25.5 Å². The lowest BCUT2D eigenvalue weighted by molar-refractivity contribution is 0.925. The third-order valence-corrected chi connectivity index (χ3v) is 2.96. The minimum Gasteiger partial charge on any atom is -0.370 e. The van der Waals surface area contributed by atoms with E-state index >= 15 is 0 Å². The highest BCUT2D eigenvalue weighted by atomic mass is 127. The molecule has 0 atom stereocenters. The Morgan fingerprint density at radius 1 is 1.61 bits per heavy atom. The molecule has 5 nitrogen and oxygen atoms in total. The van der Waals surface area contributed by atoms with Crippen molar-refractivity contribution in [2.45, 2.75) is 13.5 Å². The maximum Gasteiger partial charge on any atom is 0.189 e. The highest BCUT2D eigenvalue weighted by Gasteiger charge is 2.02. The van der Waals surface area contributed by atoms with Crippen LogP contribution in [0, 0.1) is 0 Å². The fourth-order valence-corrected chi connectivity index (χ4v) is 1.79. The first-order chi connectivity index (χ1) is 7.99. The summed E-state index contributed by atoms with van der Waals surface area (Å²) in [6.07, 6.45) is 0. The monoisotopic (exact) mass is 381 g/mol. The molecule has 0 radical (unpaired) electrons. The van der Waals surface area contributed by atoms with Crippen LogP contribution in [0.15, 0.2) is 22.5 Å². The third-order valence-electron chi connectivity index (χ3n) is 1.90. The fourth-order valence-electron chi connectivity index (χ4n) is 1.04. The lowest BCUT2D eigenvalue weighted by Gasteiger charge is -2.05. The first kappa shape index (κ1) is 17.2. The van der Waals surface area contributed by atoms with E-state index in [4.69, 9.17) is 5.73 Å². The van der Waals surface area contributed by atoms with Crippen LogP contribution in [0.25, 0.3) is 0 Å². The van der Waals surface area contributed by atoms with Crippen molar-refractivity contribution < 1.29 is 0 Å². The summed E-state index contributed by atoms with van der Waals surface area (Å²) >= 11 is 1.60. The molecular weight excluding hydrogens is 361 g/mol. The zero-order valence-electron chi connectivity index (χ0n) is 10.9. The molecule has 0 aliphatic heterocycles. The number of thiazole rings is 1. The molecule has 0 saturated heterocycles. The first-order valence-electron chi connectivity index (χ1n) is 5.29. The summed E-state index contributed by atoms with van der Waals surface area (Å²) in [6.45, 7) is 6.86. The summed E-state index contributed by atoms with van der Waals surface area (Å²) in [5, 5.41) is 5.94. The molecule has 7 heteroatoms. The van der Waals surface area contributed by atoms with E-state index in [1.54, 1.807) is 11.3 Å². The van der Waals surface area contributed by atoms with Crippen molar-refractivity contribution in [3.05, 3.63) is 23.2 Å². The van der Waals surface area contributed by atoms with E-state index in [-0.39, 0.29) is 24.0 Å². The van der Waals surface area contributed by atoms with E-state index in [0.29, 0.717) is 19.0 Å². The van der Waals surface area contributed by atoms with Gasteiger partial charge in [0, 0.05) is 26.0 Å². The number of anilines is 1. The van der Waals surface area contributed by atoms with Crippen molar-refractivity contribution in [1.82, 2.24) is 10.3 Å². The number of hydrogen-bond donors (Lipinski definition) is 2. The number of hydrogen-bond acceptors (Lipinski definition) is 4. The van der Waals surface area contributed by atoms with Gasteiger partial charge in [-0.15, -0.1) is 35.3 Å².